The van der Waals surface area contributed by atoms with E-state index in [0.29, 0.717) is 23.8 Å². The molecule has 0 bridgehead atoms. The number of anilines is 1. The molecule has 3 aromatic rings. The lowest BCUT2D eigenvalue weighted by atomic mass is 9.95. The molecule has 3 heterocycles. The minimum Gasteiger partial charge on any atom is -0.462 e. The first-order chi connectivity index (χ1) is 19.7. The minimum atomic E-state index is -0.531. The number of amides is 2. The average molecular weight is 590 g/mol. The largest absolute Gasteiger partial charge is 0.462 e. The fourth-order valence-electron chi connectivity index (χ4n) is 5.60. The van der Waals surface area contributed by atoms with Crippen LogP contribution in [0.15, 0.2) is 35.9 Å². The maximum atomic E-state index is 13.7. The fraction of sp³-hybridized carbons (Fsp3) is 0.375. The summed E-state index contributed by atoms with van der Waals surface area (Å²) in [6.45, 7) is 10.3. The number of carbonyl (C=O) groups is 3. The molecule has 2 aromatic heterocycles. The molecule has 1 saturated heterocycles. The van der Waals surface area contributed by atoms with E-state index in [0.717, 1.165) is 59.6 Å². The zero-order chi connectivity index (χ0) is 29.4. The van der Waals surface area contributed by atoms with Crippen LogP contribution in [0, 0.1) is 13.8 Å². The summed E-state index contributed by atoms with van der Waals surface area (Å²) in [5, 5.41) is 3.57. The molecular weight excluding hydrogens is 555 g/mol. The fourth-order valence-corrected chi connectivity index (χ4v) is 7.37. The molecule has 0 unspecified atom stereocenters. The summed E-state index contributed by atoms with van der Waals surface area (Å²) in [5.74, 6) is -0.911. The van der Waals surface area contributed by atoms with Crippen molar-refractivity contribution in [1.29, 1.82) is 0 Å². The summed E-state index contributed by atoms with van der Waals surface area (Å²) in [4.78, 5) is 42.4. The lowest BCUT2D eigenvalue weighted by molar-refractivity contribution is -0.122. The van der Waals surface area contributed by atoms with Gasteiger partial charge in [0, 0.05) is 16.3 Å². The molecule has 1 aliphatic carbocycles. The first-order valence-electron chi connectivity index (χ1n) is 14.2. The van der Waals surface area contributed by atoms with Crippen LogP contribution in [0.1, 0.15) is 89.3 Å². The van der Waals surface area contributed by atoms with E-state index in [4.69, 9.17) is 17.0 Å². The lowest BCUT2D eigenvalue weighted by Crippen LogP contribution is -2.54. The number of benzene rings is 1. The Morgan fingerprint density at radius 1 is 1.15 bits per heavy atom. The van der Waals surface area contributed by atoms with Crippen molar-refractivity contribution in [3.05, 3.63) is 74.4 Å². The predicted octanol–water partition coefficient (Wildman–Crippen LogP) is 6.56. The summed E-state index contributed by atoms with van der Waals surface area (Å²) >= 11 is 7.04. The van der Waals surface area contributed by atoms with Gasteiger partial charge in [0.05, 0.1) is 17.9 Å². The summed E-state index contributed by atoms with van der Waals surface area (Å²) in [6, 6.07) is 9.65. The van der Waals surface area contributed by atoms with Crippen LogP contribution in [-0.4, -0.2) is 34.1 Å². The molecule has 0 saturated carbocycles. The smallest absolute Gasteiger partial charge is 0.341 e. The Hall–Kier alpha value is -3.56. The zero-order valence-electron chi connectivity index (χ0n) is 24.1. The Labute approximate surface area is 250 Å². The number of rotatable bonds is 7. The van der Waals surface area contributed by atoms with Gasteiger partial charge in [0.15, 0.2) is 5.11 Å². The van der Waals surface area contributed by atoms with E-state index >= 15 is 0 Å². The first-order valence-corrected chi connectivity index (χ1v) is 15.4. The van der Waals surface area contributed by atoms with Crippen LogP contribution in [0.25, 0.3) is 11.1 Å². The van der Waals surface area contributed by atoms with Crippen molar-refractivity contribution >= 4 is 58.2 Å². The van der Waals surface area contributed by atoms with Gasteiger partial charge in [-0.25, -0.2) is 4.79 Å². The van der Waals surface area contributed by atoms with E-state index in [-0.39, 0.29) is 16.7 Å². The molecular formula is C32H35N3O4S2. The number of fused-ring (bicyclic) bond motifs is 1. The highest BCUT2D eigenvalue weighted by atomic mass is 32.1. The summed E-state index contributed by atoms with van der Waals surface area (Å²) in [7, 11) is 0. The van der Waals surface area contributed by atoms with Gasteiger partial charge < -0.3 is 9.30 Å². The van der Waals surface area contributed by atoms with E-state index in [1.54, 1.807) is 17.4 Å². The number of aromatic nitrogens is 1. The number of nitrogens with zero attached hydrogens (tertiary/aromatic N) is 2. The molecule has 1 N–H and O–H groups in total. The number of hydrogen-bond acceptors (Lipinski definition) is 6. The van der Waals surface area contributed by atoms with E-state index < -0.39 is 11.8 Å². The highest BCUT2D eigenvalue weighted by Gasteiger charge is 2.35. The Kier molecular flexibility index (Phi) is 8.29. The van der Waals surface area contributed by atoms with Crippen molar-refractivity contribution in [1.82, 2.24) is 9.88 Å². The summed E-state index contributed by atoms with van der Waals surface area (Å²) in [5.41, 5.74) is 5.96. The maximum absolute atomic E-state index is 13.7. The van der Waals surface area contributed by atoms with Crippen LogP contribution in [0.5, 0.6) is 0 Å². The van der Waals surface area contributed by atoms with Gasteiger partial charge in [0.25, 0.3) is 11.8 Å². The highest BCUT2D eigenvalue weighted by Crippen LogP contribution is 2.39. The van der Waals surface area contributed by atoms with Crippen molar-refractivity contribution < 1.29 is 19.1 Å². The molecule has 1 atom stereocenters. The van der Waals surface area contributed by atoms with Crippen molar-refractivity contribution in [2.24, 2.45) is 0 Å². The van der Waals surface area contributed by atoms with Crippen LogP contribution < -0.4 is 10.2 Å². The molecule has 0 radical (unpaired) electrons. The molecule has 9 heteroatoms. The third kappa shape index (κ3) is 5.28. The number of thiocarbonyl (C=S) groups is 1. The Bertz CT molecular complexity index is 1580. The van der Waals surface area contributed by atoms with Crippen LogP contribution in [-0.2, 0) is 27.2 Å². The molecule has 1 aliphatic heterocycles. The minimum absolute atomic E-state index is 0.000873. The van der Waals surface area contributed by atoms with Gasteiger partial charge in [0.1, 0.15) is 10.6 Å². The molecule has 7 nitrogen and oxygen atoms in total. The number of nitrogens with one attached hydrogen (secondary N) is 1. The van der Waals surface area contributed by atoms with Crippen molar-refractivity contribution in [3.8, 4) is 5.00 Å². The molecule has 0 spiro atoms. The zero-order valence-corrected chi connectivity index (χ0v) is 25.8. The monoisotopic (exact) mass is 589 g/mol. The van der Waals surface area contributed by atoms with E-state index in [1.807, 2.05) is 55.7 Å². The third-order valence-electron chi connectivity index (χ3n) is 8.04. The molecule has 2 aliphatic rings. The van der Waals surface area contributed by atoms with E-state index in [9.17, 15) is 14.4 Å². The van der Waals surface area contributed by atoms with Crippen molar-refractivity contribution in [2.75, 3.05) is 11.5 Å². The summed E-state index contributed by atoms with van der Waals surface area (Å²) in [6.07, 6.45) is 6.59. The number of esters is 1. The van der Waals surface area contributed by atoms with E-state index in [1.165, 1.54) is 15.3 Å². The second-order valence-corrected chi connectivity index (χ2v) is 12.1. The molecule has 1 aromatic carbocycles. The van der Waals surface area contributed by atoms with Crippen LogP contribution in [0.2, 0.25) is 0 Å². The van der Waals surface area contributed by atoms with Gasteiger partial charge in [0.2, 0.25) is 0 Å². The molecule has 2 amide bonds. The molecule has 214 valence electrons. The van der Waals surface area contributed by atoms with E-state index in [2.05, 4.69) is 19.2 Å². The Morgan fingerprint density at radius 2 is 1.85 bits per heavy atom. The Balaban J connectivity index is 1.54. The van der Waals surface area contributed by atoms with Crippen LogP contribution >= 0.6 is 23.6 Å². The third-order valence-corrected chi connectivity index (χ3v) is 9.60. The number of carbonyl (C=O) groups excluding carboxylic acids is 3. The second-order valence-electron chi connectivity index (χ2n) is 10.6. The average Bonchev–Trinajstić information content (AvgIpc) is 3.46. The highest BCUT2D eigenvalue weighted by molar-refractivity contribution is 7.80. The molecule has 5 rings (SSSR count). The van der Waals surface area contributed by atoms with Crippen molar-refractivity contribution in [3.63, 3.8) is 0 Å². The normalized spacial score (nSPS) is 17.0. The maximum Gasteiger partial charge on any atom is 0.341 e. The number of ether oxygens (including phenoxy) is 1. The van der Waals surface area contributed by atoms with Crippen molar-refractivity contribution in [2.45, 2.75) is 72.6 Å². The van der Waals surface area contributed by atoms with Gasteiger partial charge in [-0.3, -0.25) is 19.8 Å². The van der Waals surface area contributed by atoms with Gasteiger partial charge >= 0.3 is 5.97 Å². The van der Waals surface area contributed by atoms with Gasteiger partial charge in [-0.15, -0.1) is 11.3 Å². The number of hydrogen-bond donors (Lipinski definition) is 1. The second kappa shape index (κ2) is 11.7. The van der Waals surface area contributed by atoms with Gasteiger partial charge in [-0.2, -0.15) is 0 Å². The summed E-state index contributed by atoms with van der Waals surface area (Å²) < 4.78 is 7.51. The van der Waals surface area contributed by atoms with Gasteiger partial charge in [-0.05, 0) is 112 Å². The quantitative estimate of drug-likeness (QED) is 0.146. The van der Waals surface area contributed by atoms with Crippen LogP contribution in [0.3, 0.4) is 0 Å². The number of thiophene rings is 1. The lowest BCUT2D eigenvalue weighted by Gasteiger charge is -2.29. The number of aryl methyl sites for hydroxylation is 2. The SMILES string of the molecule is CCOC(=O)c1c(-n2c(C)cc(/C=C3\C(=O)NC(=S)N(c4ccc([C@H](C)CC)cc4)C3=O)c2C)sc2c1CCCC2. The molecule has 41 heavy (non-hydrogen) atoms. The van der Waals surface area contributed by atoms with Crippen LogP contribution in [0.4, 0.5) is 5.69 Å². The topological polar surface area (TPSA) is 80.6 Å². The first kappa shape index (κ1) is 29.0. The molecule has 1 fully saturated rings. The Morgan fingerprint density at radius 3 is 2.54 bits per heavy atom. The van der Waals surface area contributed by atoms with Gasteiger partial charge in [-0.1, -0.05) is 26.0 Å². The standard InChI is InChI=1S/C32H35N3O4S2/c1-6-18(3)21-12-14-23(15-13-21)35-29(37)25(28(36)33-32(35)40)17-22-16-19(4)34(20(22)5)30-27(31(38)39-7-2)24-10-8-9-11-26(24)41-30/h12-18H,6-11H2,1-5H3,(H,33,36,40)/b25-17+/t18-/m1/s1. The predicted molar refractivity (Wildman–Crippen MR) is 167 cm³/mol.